The van der Waals surface area contributed by atoms with Crippen molar-refractivity contribution in [2.24, 2.45) is 5.92 Å². The fourth-order valence-corrected chi connectivity index (χ4v) is 3.11. The van der Waals surface area contributed by atoms with E-state index in [0.717, 1.165) is 44.9 Å². The molecule has 0 aromatic carbocycles. The van der Waals surface area contributed by atoms with Gasteiger partial charge >= 0.3 is 5.97 Å². The topological polar surface area (TPSA) is 57.5 Å². The van der Waals surface area contributed by atoms with E-state index in [1.807, 2.05) is 6.92 Å². The number of rotatable bonds is 17. The minimum atomic E-state index is -0.638. The lowest BCUT2D eigenvalue weighted by Crippen LogP contribution is -2.12. The molecule has 0 aromatic rings. The van der Waals surface area contributed by atoms with Crippen molar-refractivity contribution in [1.82, 2.24) is 0 Å². The van der Waals surface area contributed by atoms with Gasteiger partial charge < -0.3 is 10.2 Å². The number of aliphatic hydroxyl groups excluding tert-OH is 1. The van der Waals surface area contributed by atoms with Gasteiger partial charge in [0.15, 0.2) is 0 Å². The third kappa shape index (κ3) is 14.7. The smallest absolute Gasteiger partial charge is 0.306 e. The van der Waals surface area contributed by atoms with Crippen molar-refractivity contribution in [3.8, 4) is 0 Å². The lowest BCUT2D eigenvalue weighted by atomic mass is 9.98. The Morgan fingerprint density at radius 2 is 1.17 bits per heavy atom. The zero-order chi connectivity index (χ0) is 17.3. The standard InChI is InChI=1S/C20H40O3/c1-3-5-6-13-16-19(21)17-14-11-9-7-8-10-12-15-18(4-2)20(22)23/h18-19,21H,3-17H2,1-2H3,(H,22,23). The summed E-state index contributed by atoms with van der Waals surface area (Å²) in [6.45, 7) is 4.17. The van der Waals surface area contributed by atoms with Gasteiger partial charge in [0.2, 0.25) is 0 Å². The summed E-state index contributed by atoms with van der Waals surface area (Å²) in [6.07, 6.45) is 16.7. The van der Waals surface area contributed by atoms with E-state index in [4.69, 9.17) is 5.11 Å². The highest BCUT2D eigenvalue weighted by Crippen LogP contribution is 2.16. The average molecular weight is 329 g/mol. The molecule has 0 saturated heterocycles. The Morgan fingerprint density at radius 3 is 1.61 bits per heavy atom. The summed E-state index contributed by atoms with van der Waals surface area (Å²) in [5.74, 6) is -0.783. The van der Waals surface area contributed by atoms with Crippen LogP contribution in [0.1, 0.15) is 110 Å². The summed E-state index contributed by atoms with van der Waals surface area (Å²) in [5.41, 5.74) is 0. The zero-order valence-corrected chi connectivity index (χ0v) is 15.6. The van der Waals surface area contributed by atoms with Crippen LogP contribution < -0.4 is 0 Å². The summed E-state index contributed by atoms with van der Waals surface area (Å²) in [5, 5.41) is 18.9. The zero-order valence-electron chi connectivity index (χ0n) is 15.6. The van der Waals surface area contributed by atoms with E-state index in [2.05, 4.69) is 6.92 Å². The number of unbranched alkanes of at least 4 members (excludes halogenated alkanes) is 9. The molecule has 0 aromatic heterocycles. The van der Waals surface area contributed by atoms with E-state index in [0.29, 0.717) is 0 Å². The molecule has 3 nitrogen and oxygen atoms in total. The van der Waals surface area contributed by atoms with Crippen molar-refractivity contribution in [2.75, 3.05) is 0 Å². The Kier molecular flexibility index (Phi) is 15.9. The minimum absolute atomic E-state index is 0.0890. The van der Waals surface area contributed by atoms with Gasteiger partial charge in [0, 0.05) is 0 Å². The third-order valence-electron chi connectivity index (χ3n) is 4.82. The van der Waals surface area contributed by atoms with Crippen molar-refractivity contribution in [2.45, 2.75) is 116 Å². The van der Waals surface area contributed by atoms with Crippen molar-refractivity contribution in [3.05, 3.63) is 0 Å². The number of aliphatic hydroxyl groups is 1. The predicted octanol–water partition coefficient (Wildman–Crippen LogP) is 5.94. The molecule has 2 N–H and O–H groups in total. The molecule has 0 aliphatic carbocycles. The van der Waals surface area contributed by atoms with E-state index in [1.54, 1.807) is 0 Å². The SMILES string of the molecule is CCCCCCC(O)CCCCCCCCCC(CC)C(=O)O. The second-order valence-corrected chi connectivity index (χ2v) is 7.00. The maximum atomic E-state index is 10.9. The highest BCUT2D eigenvalue weighted by Gasteiger charge is 2.13. The summed E-state index contributed by atoms with van der Waals surface area (Å²) < 4.78 is 0. The second kappa shape index (κ2) is 16.3. The van der Waals surface area contributed by atoms with Crippen LogP contribution in [0.15, 0.2) is 0 Å². The van der Waals surface area contributed by atoms with Crippen molar-refractivity contribution in [1.29, 1.82) is 0 Å². The number of aliphatic carboxylic acids is 1. The maximum absolute atomic E-state index is 10.9. The van der Waals surface area contributed by atoms with Crippen LogP contribution in [0.2, 0.25) is 0 Å². The number of carboxylic acid groups (broad SMARTS) is 1. The van der Waals surface area contributed by atoms with Crippen LogP contribution >= 0.6 is 0 Å². The van der Waals surface area contributed by atoms with Crippen molar-refractivity contribution < 1.29 is 15.0 Å². The van der Waals surface area contributed by atoms with Gasteiger partial charge in [-0.25, -0.2) is 0 Å². The largest absolute Gasteiger partial charge is 0.481 e. The van der Waals surface area contributed by atoms with Crippen LogP contribution in [-0.2, 0) is 4.79 Å². The normalized spacial score (nSPS) is 13.9. The average Bonchev–Trinajstić information content (AvgIpc) is 2.53. The number of hydrogen-bond acceptors (Lipinski definition) is 2. The molecular weight excluding hydrogens is 288 g/mol. The predicted molar refractivity (Wildman–Crippen MR) is 97.7 cm³/mol. The number of carboxylic acids is 1. The summed E-state index contributed by atoms with van der Waals surface area (Å²) in [7, 11) is 0. The van der Waals surface area contributed by atoms with Crippen LogP contribution in [0.5, 0.6) is 0 Å². The monoisotopic (exact) mass is 328 g/mol. The van der Waals surface area contributed by atoms with Gasteiger partial charge in [0.25, 0.3) is 0 Å². The Hall–Kier alpha value is -0.570. The quantitative estimate of drug-likeness (QED) is 0.325. The molecule has 0 spiro atoms. The Balaban J connectivity index is 3.28. The first kappa shape index (κ1) is 22.4. The molecule has 0 rings (SSSR count). The van der Waals surface area contributed by atoms with Crippen LogP contribution in [0.3, 0.4) is 0 Å². The molecule has 23 heavy (non-hydrogen) atoms. The summed E-state index contributed by atoms with van der Waals surface area (Å²) in [6, 6.07) is 0. The van der Waals surface area contributed by atoms with E-state index in [-0.39, 0.29) is 12.0 Å². The van der Waals surface area contributed by atoms with Crippen LogP contribution in [-0.4, -0.2) is 22.3 Å². The first-order valence-electron chi connectivity index (χ1n) is 10.0. The number of carbonyl (C=O) groups is 1. The second-order valence-electron chi connectivity index (χ2n) is 7.00. The van der Waals surface area contributed by atoms with Gasteiger partial charge in [-0.1, -0.05) is 84.5 Å². The lowest BCUT2D eigenvalue weighted by molar-refractivity contribution is -0.142. The van der Waals surface area contributed by atoms with Crippen molar-refractivity contribution in [3.63, 3.8) is 0 Å². The first-order valence-corrected chi connectivity index (χ1v) is 10.0. The van der Waals surface area contributed by atoms with E-state index in [9.17, 15) is 9.90 Å². The van der Waals surface area contributed by atoms with E-state index in [1.165, 1.54) is 51.4 Å². The molecule has 0 aliphatic rings. The molecule has 138 valence electrons. The third-order valence-corrected chi connectivity index (χ3v) is 4.82. The molecule has 0 heterocycles. The molecule has 0 bridgehead atoms. The molecule has 2 atom stereocenters. The maximum Gasteiger partial charge on any atom is 0.306 e. The fourth-order valence-electron chi connectivity index (χ4n) is 3.11. The molecular formula is C20H40O3. The van der Waals surface area contributed by atoms with Gasteiger partial charge in [0.05, 0.1) is 12.0 Å². The number of hydrogen-bond donors (Lipinski definition) is 2. The van der Waals surface area contributed by atoms with E-state index >= 15 is 0 Å². The van der Waals surface area contributed by atoms with Gasteiger partial charge in [-0.2, -0.15) is 0 Å². The molecule has 0 fully saturated rings. The molecule has 0 aliphatic heterocycles. The minimum Gasteiger partial charge on any atom is -0.481 e. The lowest BCUT2D eigenvalue weighted by Gasteiger charge is -2.10. The summed E-state index contributed by atoms with van der Waals surface area (Å²) >= 11 is 0. The van der Waals surface area contributed by atoms with Gasteiger partial charge in [-0.05, 0) is 25.7 Å². The first-order chi connectivity index (χ1) is 11.1. The van der Waals surface area contributed by atoms with Crippen molar-refractivity contribution >= 4 is 5.97 Å². The van der Waals surface area contributed by atoms with Gasteiger partial charge in [0.1, 0.15) is 0 Å². The summed E-state index contributed by atoms with van der Waals surface area (Å²) in [4.78, 5) is 10.9. The van der Waals surface area contributed by atoms with E-state index < -0.39 is 5.97 Å². The molecule has 3 heteroatoms. The van der Waals surface area contributed by atoms with Gasteiger partial charge in [-0.15, -0.1) is 0 Å². The Morgan fingerprint density at radius 1 is 0.739 bits per heavy atom. The molecule has 0 saturated carbocycles. The van der Waals surface area contributed by atoms with Crippen LogP contribution in [0.4, 0.5) is 0 Å². The highest BCUT2D eigenvalue weighted by molar-refractivity contribution is 5.69. The van der Waals surface area contributed by atoms with Crippen LogP contribution in [0.25, 0.3) is 0 Å². The van der Waals surface area contributed by atoms with Crippen LogP contribution in [0, 0.1) is 5.92 Å². The van der Waals surface area contributed by atoms with Gasteiger partial charge in [-0.3, -0.25) is 4.79 Å². The Bertz CT molecular complexity index is 266. The molecule has 2 unspecified atom stereocenters. The molecule has 0 amide bonds. The fraction of sp³-hybridized carbons (Fsp3) is 0.950. The molecule has 0 radical (unpaired) electrons. The highest BCUT2D eigenvalue weighted by atomic mass is 16.4. The Labute approximate surface area is 143 Å².